The van der Waals surface area contributed by atoms with Crippen molar-refractivity contribution in [3.63, 3.8) is 0 Å². The number of rotatable bonds is 16. The number of allylic oxidation sites excluding steroid dienone is 2. The monoisotopic (exact) mass is 892 g/mol. The molecule has 3 aromatic rings. The van der Waals surface area contributed by atoms with Crippen molar-refractivity contribution in [2.24, 2.45) is 45.7 Å². The molecule has 0 spiro atoms. The molecule has 0 saturated heterocycles. The number of ketones is 2. The average Bonchev–Trinajstić information content (AvgIpc) is 3.27. The van der Waals surface area contributed by atoms with Gasteiger partial charge in [0, 0.05) is 11.1 Å². The molecular formula is C52H56N6O8. The molecule has 6 N–H and O–H groups in total. The normalized spacial score (nSPS) is 28.4. The van der Waals surface area contributed by atoms with E-state index in [0.717, 1.165) is 38.5 Å². The molecule has 14 nitrogen and oxygen atoms in total. The maximum atomic E-state index is 13.8. The lowest BCUT2D eigenvalue weighted by Crippen LogP contribution is -2.61. The van der Waals surface area contributed by atoms with Gasteiger partial charge in [0.15, 0.2) is 11.6 Å². The van der Waals surface area contributed by atoms with E-state index in [1.165, 1.54) is 74.9 Å². The Balaban J connectivity index is 0.838. The predicted molar refractivity (Wildman–Crippen MR) is 248 cm³/mol. The topological polar surface area (TPSA) is 216 Å². The summed E-state index contributed by atoms with van der Waals surface area (Å²) in [6.45, 7) is 0. The van der Waals surface area contributed by atoms with Gasteiger partial charge >= 0.3 is 0 Å². The SMILES string of the molecule is O=C(C=Cc1ccc(C=CC(=O)CC(=NNC(=O)c2ccccc2O)C(=O)NC23CC4CC(CC(C4)C2)C3)cc1)CC(=NNC(=O)c1ccccc1O)C(=O)NC12CC3CC(CC(C3)C1)C2. The molecule has 14 heteroatoms. The Morgan fingerprint density at radius 1 is 0.500 bits per heavy atom. The molecule has 66 heavy (non-hydrogen) atoms. The summed E-state index contributed by atoms with van der Waals surface area (Å²) in [7, 11) is 0. The minimum absolute atomic E-state index is 0.0172. The van der Waals surface area contributed by atoms with Crippen LogP contribution in [0.3, 0.4) is 0 Å². The van der Waals surface area contributed by atoms with Gasteiger partial charge in [0.2, 0.25) is 0 Å². The summed E-state index contributed by atoms with van der Waals surface area (Å²) in [5.41, 5.74) is 5.08. The molecule has 0 aromatic heterocycles. The Morgan fingerprint density at radius 2 is 0.818 bits per heavy atom. The van der Waals surface area contributed by atoms with Crippen molar-refractivity contribution in [1.29, 1.82) is 0 Å². The number of hydrazone groups is 2. The van der Waals surface area contributed by atoms with Crippen LogP contribution in [-0.2, 0) is 19.2 Å². The van der Waals surface area contributed by atoms with Crippen molar-refractivity contribution in [3.8, 4) is 11.5 Å². The first-order chi connectivity index (χ1) is 31.8. The molecule has 0 radical (unpaired) electrons. The van der Waals surface area contributed by atoms with Crippen molar-refractivity contribution in [2.75, 3.05) is 0 Å². The second-order valence-electron chi connectivity index (χ2n) is 20.0. The fourth-order valence-electron chi connectivity index (χ4n) is 12.7. The first kappa shape index (κ1) is 44.5. The summed E-state index contributed by atoms with van der Waals surface area (Å²) < 4.78 is 0. The van der Waals surface area contributed by atoms with Crippen LogP contribution >= 0.6 is 0 Å². The first-order valence-electron chi connectivity index (χ1n) is 23.2. The molecule has 8 aliphatic rings. The molecule has 0 aliphatic heterocycles. The summed E-state index contributed by atoms with van der Waals surface area (Å²) in [6, 6.07) is 19.0. The van der Waals surface area contributed by atoms with Gasteiger partial charge in [0.25, 0.3) is 23.6 Å². The molecule has 11 rings (SSSR count). The Bertz CT molecular complexity index is 2310. The zero-order valence-electron chi connectivity index (χ0n) is 36.8. The highest BCUT2D eigenvalue weighted by molar-refractivity contribution is 6.43. The number of amides is 4. The highest BCUT2D eigenvalue weighted by Crippen LogP contribution is 2.56. The number of hydrogen-bond donors (Lipinski definition) is 6. The molecule has 0 heterocycles. The van der Waals surface area contributed by atoms with Gasteiger partial charge in [-0.05, 0) is 160 Å². The van der Waals surface area contributed by atoms with Gasteiger partial charge in [-0.3, -0.25) is 28.8 Å². The third-order valence-corrected chi connectivity index (χ3v) is 14.8. The van der Waals surface area contributed by atoms with Crippen LogP contribution in [0.15, 0.2) is 95.2 Å². The van der Waals surface area contributed by atoms with Crippen LogP contribution in [0.1, 0.15) is 122 Å². The number of nitrogens with zero attached hydrogens (tertiary/aromatic N) is 2. The number of aromatic hydroxyl groups is 2. The van der Waals surface area contributed by atoms with Crippen molar-refractivity contribution in [3.05, 3.63) is 107 Å². The largest absolute Gasteiger partial charge is 0.507 e. The zero-order valence-corrected chi connectivity index (χ0v) is 36.8. The van der Waals surface area contributed by atoms with Crippen LogP contribution in [0.4, 0.5) is 0 Å². The lowest BCUT2D eigenvalue weighted by atomic mass is 9.53. The van der Waals surface area contributed by atoms with E-state index in [2.05, 4.69) is 31.7 Å². The number of benzene rings is 3. The summed E-state index contributed by atoms with van der Waals surface area (Å²) in [5.74, 6) is -0.296. The fourth-order valence-corrected chi connectivity index (χ4v) is 12.7. The van der Waals surface area contributed by atoms with Gasteiger partial charge in [-0.2, -0.15) is 10.2 Å². The van der Waals surface area contributed by atoms with Crippen LogP contribution in [0.5, 0.6) is 11.5 Å². The highest BCUT2D eigenvalue weighted by atomic mass is 16.3. The van der Waals surface area contributed by atoms with Crippen molar-refractivity contribution >= 4 is 58.8 Å². The summed E-state index contributed by atoms with van der Waals surface area (Å²) in [5, 5.41) is 35.1. The van der Waals surface area contributed by atoms with Gasteiger partial charge < -0.3 is 20.8 Å². The van der Waals surface area contributed by atoms with E-state index < -0.39 is 35.2 Å². The molecule has 0 atom stereocenters. The molecule has 342 valence electrons. The fraction of sp³-hybridized carbons (Fsp3) is 0.423. The van der Waals surface area contributed by atoms with Crippen LogP contribution in [0.2, 0.25) is 0 Å². The second-order valence-corrected chi connectivity index (χ2v) is 20.0. The quantitative estimate of drug-likeness (QED) is 0.0511. The number of para-hydroxylation sites is 2. The highest BCUT2D eigenvalue weighted by Gasteiger charge is 2.53. The van der Waals surface area contributed by atoms with Gasteiger partial charge in [-0.25, -0.2) is 10.9 Å². The molecule has 8 bridgehead atoms. The van der Waals surface area contributed by atoms with E-state index >= 15 is 0 Å². The van der Waals surface area contributed by atoms with E-state index in [1.807, 2.05) is 0 Å². The van der Waals surface area contributed by atoms with Gasteiger partial charge in [0.1, 0.15) is 22.9 Å². The van der Waals surface area contributed by atoms with Crippen molar-refractivity contribution in [1.82, 2.24) is 21.5 Å². The van der Waals surface area contributed by atoms with Gasteiger partial charge in [-0.1, -0.05) is 60.7 Å². The molecule has 3 aromatic carbocycles. The van der Waals surface area contributed by atoms with Crippen LogP contribution in [0.25, 0.3) is 12.2 Å². The number of hydrogen-bond acceptors (Lipinski definition) is 10. The number of carbonyl (C=O) groups excluding carboxylic acids is 6. The van der Waals surface area contributed by atoms with Crippen molar-refractivity contribution in [2.45, 2.75) is 101 Å². The minimum Gasteiger partial charge on any atom is -0.507 e. The van der Waals surface area contributed by atoms with Crippen LogP contribution in [-0.4, -0.2) is 67.9 Å². The smallest absolute Gasteiger partial charge is 0.275 e. The van der Waals surface area contributed by atoms with E-state index in [1.54, 1.807) is 60.7 Å². The van der Waals surface area contributed by atoms with Gasteiger partial charge in [0.05, 0.1) is 24.0 Å². The van der Waals surface area contributed by atoms with Gasteiger partial charge in [-0.15, -0.1) is 0 Å². The van der Waals surface area contributed by atoms with E-state index in [4.69, 9.17) is 0 Å². The Hall–Kier alpha value is -6.70. The summed E-state index contributed by atoms with van der Waals surface area (Å²) in [4.78, 5) is 80.3. The third kappa shape index (κ3) is 10.2. The maximum absolute atomic E-state index is 13.8. The maximum Gasteiger partial charge on any atom is 0.275 e. The number of phenols is 2. The molecular weight excluding hydrogens is 837 g/mol. The van der Waals surface area contributed by atoms with E-state index in [0.29, 0.717) is 46.6 Å². The molecule has 8 fully saturated rings. The molecule has 8 saturated carbocycles. The molecule has 4 amide bonds. The Kier molecular flexibility index (Phi) is 12.6. The Morgan fingerprint density at radius 3 is 1.14 bits per heavy atom. The Labute approximate surface area is 383 Å². The standard InChI is InChI=1S/C52H56N6O8/c59-39(23-43(55-57-47(63)41-5-1-3-7-45(41)61)49(65)53-51-25-33-17-34(26-51)19-35(18-33)27-51)15-13-31-9-11-32(12-10-31)14-16-40(60)24-44(56-58-48(64)42-6-2-4-8-46(42)62)50(66)54-52-28-36-20-37(29-52)22-38(21-36)30-52/h1-16,33-38,61-62H,17-30H2,(H,53,65)(H,54,66)(H,57,63)(H,58,64). The average molecular weight is 893 g/mol. The lowest BCUT2D eigenvalue weighted by Gasteiger charge is -2.56. The second kappa shape index (κ2) is 18.7. The third-order valence-electron chi connectivity index (χ3n) is 14.8. The van der Waals surface area contributed by atoms with E-state index in [9.17, 15) is 39.0 Å². The molecule has 0 unspecified atom stereocenters. The number of carbonyl (C=O) groups is 6. The summed E-state index contributed by atoms with van der Waals surface area (Å²) in [6.07, 6.45) is 17.7. The number of nitrogens with one attached hydrogen (secondary N) is 4. The van der Waals surface area contributed by atoms with Crippen molar-refractivity contribution < 1.29 is 39.0 Å². The van der Waals surface area contributed by atoms with Crippen LogP contribution < -0.4 is 21.5 Å². The predicted octanol–water partition coefficient (Wildman–Crippen LogP) is 6.78. The zero-order chi connectivity index (χ0) is 46.0. The summed E-state index contributed by atoms with van der Waals surface area (Å²) >= 11 is 0. The first-order valence-corrected chi connectivity index (χ1v) is 23.2. The lowest BCUT2D eigenvalue weighted by molar-refractivity contribution is -0.122. The van der Waals surface area contributed by atoms with E-state index in [-0.39, 0.29) is 58.0 Å². The molecule has 8 aliphatic carbocycles. The minimum atomic E-state index is -0.715. The number of phenolic OH excluding ortho intramolecular Hbond substituents is 2. The van der Waals surface area contributed by atoms with Crippen LogP contribution in [0, 0.1) is 35.5 Å².